The number of nitrogens with one attached hydrogen (secondary N) is 2. The first-order chi connectivity index (χ1) is 17.5. The number of carbonyl (C=O) groups is 2. The second kappa shape index (κ2) is 12.4. The molecule has 0 spiro atoms. The van der Waals surface area contributed by atoms with Gasteiger partial charge in [0.05, 0.1) is 0 Å². The molecule has 0 unspecified atom stereocenters. The standard InChI is InChI=1S/C24H26N8O2S2/c25-19(15-9-3-1-4-10-15)21(33)27-23-31-29-17(35-23)13-7-8-14-18-30-32-24(36-18)28-22(34)20(26)16-11-5-2-6-12-16/h1-6,9-12,19-20H,7-8,13-14,25-26H2,(H,27,31,33)(H,28,32,34)/t19-,20-/m1/s1. The number of aryl methyl sites for hydroxylation is 2. The Bertz CT molecular complexity index is 1180. The molecule has 0 radical (unpaired) electrons. The highest BCUT2D eigenvalue weighted by atomic mass is 32.1. The number of benzene rings is 2. The van der Waals surface area contributed by atoms with Gasteiger partial charge in [-0.25, -0.2) is 0 Å². The molecule has 0 fully saturated rings. The van der Waals surface area contributed by atoms with Crippen molar-refractivity contribution in [3.8, 4) is 0 Å². The lowest BCUT2D eigenvalue weighted by Gasteiger charge is -2.10. The molecular weight excluding hydrogens is 496 g/mol. The van der Waals surface area contributed by atoms with Gasteiger partial charge >= 0.3 is 0 Å². The fraction of sp³-hybridized carbons (Fsp3) is 0.250. The molecule has 186 valence electrons. The van der Waals surface area contributed by atoms with Crippen LogP contribution in [0.3, 0.4) is 0 Å². The third-order valence-electron chi connectivity index (χ3n) is 5.31. The second-order valence-electron chi connectivity index (χ2n) is 7.96. The van der Waals surface area contributed by atoms with E-state index in [-0.39, 0.29) is 11.8 Å². The van der Waals surface area contributed by atoms with Gasteiger partial charge in [0.1, 0.15) is 22.1 Å². The Hall–Kier alpha value is -3.58. The first-order valence-corrected chi connectivity index (χ1v) is 13.0. The molecule has 2 atom stereocenters. The number of hydrogen-bond donors (Lipinski definition) is 4. The SMILES string of the molecule is N[C@@H](C(=O)Nc1nnc(CCCCc2nnc(NC(=O)[C@H](N)c3ccccc3)s2)s1)c1ccccc1. The lowest BCUT2D eigenvalue weighted by atomic mass is 10.1. The van der Waals surface area contributed by atoms with Crippen molar-refractivity contribution in [2.45, 2.75) is 37.8 Å². The van der Waals surface area contributed by atoms with E-state index in [0.29, 0.717) is 10.3 Å². The van der Waals surface area contributed by atoms with Gasteiger partial charge in [-0.05, 0) is 24.0 Å². The van der Waals surface area contributed by atoms with Crippen molar-refractivity contribution >= 4 is 44.8 Å². The summed E-state index contributed by atoms with van der Waals surface area (Å²) >= 11 is 2.67. The lowest BCUT2D eigenvalue weighted by molar-refractivity contribution is -0.118. The van der Waals surface area contributed by atoms with E-state index in [4.69, 9.17) is 11.5 Å². The Balaban J connectivity index is 1.18. The van der Waals surface area contributed by atoms with Gasteiger partial charge in [-0.15, -0.1) is 20.4 Å². The largest absolute Gasteiger partial charge is 0.316 e. The van der Waals surface area contributed by atoms with Gasteiger partial charge in [-0.2, -0.15) is 0 Å². The topological polar surface area (TPSA) is 162 Å². The maximum Gasteiger partial charge on any atom is 0.247 e. The number of carbonyl (C=O) groups excluding carboxylic acids is 2. The molecule has 2 aromatic heterocycles. The smallest absolute Gasteiger partial charge is 0.247 e. The number of unbranched alkanes of at least 4 members (excludes halogenated alkanes) is 1. The Morgan fingerprint density at radius 2 is 1.06 bits per heavy atom. The van der Waals surface area contributed by atoms with E-state index in [1.165, 1.54) is 22.7 Å². The van der Waals surface area contributed by atoms with E-state index in [1.54, 1.807) is 0 Å². The first-order valence-electron chi connectivity index (χ1n) is 11.4. The highest BCUT2D eigenvalue weighted by Gasteiger charge is 2.18. The summed E-state index contributed by atoms with van der Waals surface area (Å²) in [4.78, 5) is 24.8. The molecule has 36 heavy (non-hydrogen) atoms. The van der Waals surface area contributed by atoms with E-state index in [9.17, 15) is 9.59 Å². The maximum atomic E-state index is 12.4. The zero-order valence-electron chi connectivity index (χ0n) is 19.3. The minimum atomic E-state index is -0.769. The number of anilines is 2. The average molecular weight is 523 g/mol. The molecule has 0 bridgehead atoms. The predicted octanol–water partition coefficient (Wildman–Crippen LogP) is 3.23. The molecule has 4 aromatic rings. The number of nitrogens with two attached hydrogens (primary N) is 2. The molecule has 6 N–H and O–H groups in total. The third-order valence-corrected chi connectivity index (χ3v) is 7.10. The summed E-state index contributed by atoms with van der Waals surface area (Å²) in [6.45, 7) is 0. The Labute approximate surface area is 216 Å². The van der Waals surface area contributed by atoms with Gasteiger partial charge in [-0.3, -0.25) is 20.2 Å². The minimum absolute atomic E-state index is 0.326. The number of rotatable bonds is 11. The van der Waals surface area contributed by atoms with Gasteiger partial charge < -0.3 is 11.5 Å². The average Bonchev–Trinajstić information content (AvgIpc) is 3.55. The maximum absolute atomic E-state index is 12.4. The fourth-order valence-corrected chi connectivity index (χ4v) is 4.92. The van der Waals surface area contributed by atoms with Gasteiger partial charge in [0.15, 0.2) is 0 Å². The number of amides is 2. The lowest BCUT2D eigenvalue weighted by Crippen LogP contribution is -2.27. The molecule has 2 amide bonds. The van der Waals surface area contributed by atoms with Crippen LogP contribution in [0.1, 0.15) is 46.1 Å². The molecule has 4 rings (SSSR count). The summed E-state index contributed by atoms with van der Waals surface area (Å²) < 4.78 is 0. The normalized spacial score (nSPS) is 12.6. The highest BCUT2D eigenvalue weighted by Crippen LogP contribution is 2.22. The molecule has 0 aliphatic carbocycles. The van der Waals surface area contributed by atoms with Crippen LogP contribution in [0.25, 0.3) is 0 Å². The van der Waals surface area contributed by atoms with Gasteiger partial charge in [0, 0.05) is 12.8 Å². The van der Waals surface area contributed by atoms with E-state index >= 15 is 0 Å². The minimum Gasteiger partial charge on any atom is -0.316 e. The quantitative estimate of drug-likeness (QED) is 0.218. The zero-order valence-corrected chi connectivity index (χ0v) is 21.0. The van der Waals surface area contributed by atoms with Crippen LogP contribution in [0.4, 0.5) is 10.3 Å². The summed E-state index contributed by atoms with van der Waals surface area (Å²) in [5.74, 6) is -0.652. The first kappa shape index (κ1) is 25.5. The number of nitrogens with zero attached hydrogens (tertiary/aromatic N) is 4. The highest BCUT2D eigenvalue weighted by molar-refractivity contribution is 7.15. The fourth-order valence-electron chi connectivity index (χ4n) is 3.35. The van der Waals surface area contributed by atoms with Crippen LogP contribution in [0.15, 0.2) is 60.7 Å². The van der Waals surface area contributed by atoms with E-state index in [0.717, 1.165) is 46.8 Å². The molecular formula is C24H26N8O2S2. The summed E-state index contributed by atoms with van der Waals surface area (Å²) in [5.41, 5.74) is 13.5. The summed E-state index contributed by atoms with van der Waals surface area (Å²) in [7, 11) is 0. The van der Waals surface area contributed by atoms with Crippen LogP contribution in [-0.2, 0) is 22.4 Å². The van der Waals surface area contributed by atoms with E-state index < -0.39 is 12.1 Å². The van der Waals surface area contributed by atoms with Crippen molar-refractivity contribution in [1.82, 2.24) is 20.4 Å². The van der Waals surface area contributed by atoms with Crippen molar-refractivity contribution in [3.05, 3.63) is 81.8 Å². The van der Waals surface area contributed by atoms with Crippen molar-refractivity contribution in [3.63, 3.8) is 0 Å². The van der Waals surface area contributed by atoms with Crippen LogP contribution in [0, 0.1) is 0 Å². The van der Waals surface area contributed by atoms with Crippen LogP contribution in [-0.4, -0.2) is 32.2 Å². The molecule has 2 aromatic carbocycles. The van der Waals surface area contributed by atoms with Gasteiger partial charge in [0.25, 0.3) is 0 Å². The monoisotopic (exact) mass is 522 g/mol. The van der Waals surface area contributed by atoms with Crippen molar-refractivity contribution in [2.24, 2.45) is 11.5 Å². The predicted molar refractivity (Wildman–Crippen MR) is 140 cm³/mol. The van der Waals surface area contributed by atoms with Crippen LogP contribution < -0.4 is 22.1 Å². The van der Waals surface area contributed by atoms with Gasteiger partial charge in [0.2, 0.25) is 22.1 Å². The molecule has 2 heterocycles. The van der Waals surface area contributed by atoms with Crippen LogP contribution in [0.5, 0.6) is 0 Å². The third kappa shape index (κ3) is 6.98. The zero-order chi connectivity index (χ0) is 25.3. The number of aromatic nitrogens is 4. The molecule has 0 saturated heterocycles. The van der Waals surface area contributed by atoms with Crippen molar-refractivity contribution < 1.29 is 9.59 Å². The molecule has 12 heteroatoms. The molecule has 0 saturated carbocycles. The van der Waals surface area contributed by atoms with Crippen LogP contribution >= 0.6 is 22.7 Å². The number of hydrogen-bond acceptors (Lipinski definition) is 10. The summed E-state index contributed by atoms with van der Waals surface area (Å²) in [6.07, 6.45) is 3.19. The van der Waals surface area contributed by atoms with Crippen LogP contribution in [0.2, 0.25) is 0 Å². The second-order valence-corrected chi connectivity index (χ2v) is 10.1. The van der Waals surface area contributed by atoms with Crippen molar-refractivity contribution in [2.75, 3.05) is 10.6 Å². The Kier molecular flexibility index (Phi) is 8.79. The molecule has 10 nitrogen and oxygen atoms in total. The molecule has 0 aliphatic heterocycles. The van der Waals surface area contributed by atoms with Crippen molar-refractivity contribution in [1.29, 1.82) is 0 Å². The molecule has 0 aliphatic rings. The van der Waals surface area contributed by atoms with Gasteiger partial charge in [-0.1, -0.05) is 83.3 Å². The van der Waals surface area contributed by atoms with E-state index in [2.05, 4.69) is 31.0 Å². The Morgan fingerprint density at radius 3 is 1.44 bits per heavy atom. The van der Waals surface area contributed by atoms with E-state index in [1.807, 2.05) is 60.7 Å². The summed E-state index contributed by atoms with van der Waals surface area (Å²) in [5, 5.41) is 24.4. The Morgan fingerprint density at radius 1 is 0.667 bits per heavy atom. The summed E-state index contributed by atoms with van der Waals surface area (Å²) in [6, 6.07) is 16.8.